The second kappa shape index (κ2) is 8.09. The van der Waals surface area contributed by atoms with Crippen LogP contribution in [0.25, 0.3) is 0 Å². The molecule has 132 valence electrons. The van der Waals surface area contributed by atoms with Crippen LogP contribution in [0.15, 0.2) is 48.5 Å². The number of piperazine rings is 1. The van der Waals surface area contributed by atoms with Crippen LogP contribution in [0.2, 0.25) is 0 Å². The van der Waals surface area contributed by atoms with Crippen molar-refractivity contribution >= 4 is 5.97 Å². The van der Waals surface area contributed by atoms with Gasteiger partial charge in [0.05, 0.1) is 12.8 Å². The van der Waals surface area contributed by atoms with Crippen molar-refractivity contribution in [3.63, 3.8) is 0 Å². The Morgan fingerprint density at radius 1 is 1.12 bits per heavy atom. The van der Waals surface area contributed by atoms with Crippen LogP contribution in [0.3, 0.4) is 0 Å². The summed E-state index contributed by atoms with van der Waals surface area (Å²) >= 11 is 0. The topological polar surface area (TPSA) is 65.9 Å². The van der Waals surface area contributed by atoms with E-state index in [1.807, 2.05) is 53.4 Å². The molecule has 0 aliphatic carbocycles. The highest BCUT2D eigenvalue weighted by Crippen LogP contribution is 2.23. The van der Waals surface area contributed by atoms with Gasteiger partial charge in [-0.15, -0.1) is 0 Å². The van der Waals surface area contributed by atoms with Crippen LogP contribution in [-0.4, -0.2) is 59.1 Å². The molecule has 1 saturated heterocycles. The van der Waals surface area contributed by atoms with Gasteiger partial charge in [-0.1, -0.05) is 36.4 Å². The SMILES string of the molecule is COc1cccc(CN2CCN(C(C(=O)O)c3ccccc3)CC2)n1. The molecular weight excluding hydrogens is 318 g/mol. The van der Waals surface area contributed by atoms with Gasteiger partial charge in [0, 0.05) is 38.8 Å². The molecule has 6 heteroatoms. The van der Waals surface area contributed by atoms with E-state index in [4.69, 9.17) is 4.74 Å². The van der Waals surface area contributed by atoms with Gasteiger partial charge in [-0.25, -0.2) is 4.98 Å². The highest BCUT2D eigenvalue weighted by molar-refractivity contribution is 5.75. The van der Waals surface area contributed by atoms with Crippen LogP contribution in [0.5, 0.6) is 5.88 Å². The minimum atomic E-state index is -0.797. The van der Waals surface area contributed by atoms with Crippen LogP contribution in [0.1, 0.15) is 17.3 Å². The number of pyridine rings is 1. The van der Waals surface area contributed by atoms with Crippen molar-refractivity contribution in [3.05, 3.63) is 59.8 Å². The molecule has 0 radical (unpaired) electrons. The molecule has 1 fully saturated rings. The number of carboxylic acid groups (broad SMARTS) is 1. The Bertz CT molecular complexity index is 700. The predicted molar refractivity (Wildman–Crippen MR) is 94.5 cm³/mol. The first kappa shape index (κ1) is 17.4. The minimum absolute atomic E-state index is 0.585. The van der Waals surface area contributed by atoms with Crippen LogP contribution >= 0.6 is 0 Å². The fourth-order valence-corrected chi connectivity index (χ4v) is 3.21. The molecule has 25 heavy (non-hydrogen) atoms. The molecule has 0 bridgehead atoms. The monoisotopic (exact) mass is 341 g/mol. The molecule has 1 aromatic heterocycles. The Labute approximate surface area is 147 Å². The number of methoxy groups -OCH3 is 1. The van der Waals surface area contributed by atoms with Crippen molar-refractivity contribution in [2.75, 3.05) is 33.3 Å². The lowest BCUT2D eigenvalue weighted by molar-refractivity contribution is -0.144. The molecule has 2 heterocycles. The van der Waals surface area contributed by atoms with Crippen LogP contribution < -0.4 is 4.74 Å². The fraction of sp³-hybridized carbons (Fsp3) is 0.368. The maximum atomic E-state index is 11.8. The Balaban J connectivity index is 1.61. The third-order valence-electron chi connectivity index (χ3n) is 4.50. The van der Waals surface area contributed by atoms with Gasteiger partial charge in [0.2, 0.25) is 5.88 Å². The lowest BCUT2D eigenvalue weighted by Gasteiger charge is -2.37. The van der Waals surface area contributed by atoms with Crippen molar-refractivity contribution in [2.24, 2.45) is 0 Å². The Kier molecular flexibility index (Phi) is 5.63. The summed E-state index contributed by atoms with van der Waals surface area (Å²) < 4.78 is 5.16. The maximum absolute atomic E-state index is 11.8. The standard InChI is InChI=1S/C19H23N3O3/c1-25-17-9-5-8-16(20-17)14-21-10-12-22(13-11-21)18(19(23)24)15-6-3-2-4-7-15/h2-9,18H,10-14H2,1H3,(H,23,24). The van der Waals surface area contributed by atoms with E-state index in [2.05, 4.69) is 9.88 Å². The van der Waals surface area contributed by atoms with E-state index in [0.29, 0.717) is 5.88 Å². The number of carboxylic acids is 1. The first-order valence-corrected chi connectivity index (χ1v) is 8.41. The zero-order chi connectivity index (χ0) is 17.6. The summed E-state index contributed by atoms with van der Waals surface area (Å²) in [4.78, 5) is 20.5. The number of aromatic nitrogens is 1. The zero-order valence-electron chi connectivity index (χ0n) is 14.3. The third-order valence-corrected chi connectivity index (χ3v) is 4.50. The normalized spacial score (nSPS) is 17.2. The molecule has 1 unspecified atom stereocenters. The summed E-state index contributed by atoms with van der Waals surface area (Å²) in [5, 5.41) is 9.66. The van der Waals surface area contributed by atoms with Gasteiger partial charge in [0.1, 0.15) is 6.04 Å². The first-order valence-electron chi connectivity index (χ1n) is 8.41. The highest BCUT2D eigenvalue weighted by atomic mass is 16.5. The first-order chi connectivity index (χ1) is 12.2. The van der Waals surface area contributed by atoms with E-state index >= 15 is 0 Å². The lowest BCUT2D eigenvalue weighted by Crippen LogP contribution is -2.48. The van der Waals surface area contributed by atoms with Gasteiger partial charge in [0.25, 0.3) is 0 Å². The Morgan fingerprint density at radius 2 is 1.84 bits per heavy atom. The molecule has 3 rings (SSSR count). The quantitative estimate of drug-likeness (QED) is 0.867. The highest BCUT2D eigenvalue weighted by Gasteiger charge is 2.30. The summed E-state index contributed by atoms with van der Waals surface area (Å²) in [6.07, 6.45) is 0. The largest absolute Gasteiger partial charge is 0.481 e. The zero-order valence-corrected chi connectivity index (χ0v) is 14.3. The molecule has 1 atom stereocenters. The van der Waals surface area contributed by atoms with E-state index in [0.717, 1.165) is 44.0 Å². The molecule has 1 aliphatic heterocycles. The fourth-order valence-electron chi connectivity index (χ4n) is 3.21. The molecule has 0 spiro atoms. The number of benzene rings is 1. The molecule has 1 aliphatic rings. The van der Waals surface area contributed by atoms with Crippen molar-refractivity contribution in [1.82, 2.24) is 14.8 Å². The molecule has 1 aromatic carbocycles. The molecular formula is C19H23N3O3. The molecule has 6 nitrogen and oxygen atoms in total. The van der Waals surface area contributed by atoms with Crippen molar-refractivity contribution in [1.29, 1.82) is 0 Å². The van der Waals surface area contributed by atoms with E-state index in [-0.39, 0.29) is 0 Å². The van der Waals surface area contributed by atoms with E-state index in [1.165, 1.54) is 0 Å². The Hall–Kier alpha value is -2.44. The van der Waals surface area contributed by atoms with Crippen LogP contribution in [-0.2, 0) is 11.3 Å². The van der Waals surface area contributed by atoms with Crippen molar-refractivity contribution in [2.45, 2.75) is 12.6 Å². The van der Waals surface area contributed by atoms with Gasteiger partial charge >= 0.3 is 5.97 Å². The second-order valence-corrected chi connectivity index (χ2v) is 6.13. The predicted octanol–water partition coefficient (Wildman–Crippen LogP) is 2.03. The number of rotatable bonds is 6. The van der Waals surface area contributed by atoms with Gasteiger partial charge in [-0.05, 0) is 11.6 Å². The summed E-state index contributed by atoms with van der Waals surface area (Å²) in [6, 6.07) is 14.6. The summed E-state index contributed by atoms with van der Waals surface area (Å²) in [5.74, 6) is -0.180. The average Bonchev–Trinajstić information content (AvgIpc) is 2.64. The van der Waals surface area contributed by atoms with Crippen LogP contribution in [0.4, 0.5) is 0 Å². The Morgan fingerprint density at radius 3 is 2.48 bits per heavy atom. The third kappa shape index (κ3) is 4.35. The smallest absolute Gasteiger partial charge is 0.325 e. The van der Waals surface area contributed by atoms with E-state index in [1.54, 1.807) is 7.11 Å². The van der Waals surface area contributed by atoms with Gasteiger partial charge in [-0.3, -0.25) is 14.6 Å². The molecule has 2 aromatic rings. The number of ether oxygens (including phenoxy) is 1. The number of carbonyl (C=O) groups is 1. The number of hydrogen-bond acceptors (Lipinski definition) is 5. The summed E-state index contributed by atoms with van der Waals surface area (Å²) in [5.41, 5.74) is 1.79. The molecule has 1 N–H and O–H groups in total. The van der Waals surface area contributed by atoms with E-state index < -0.39 is 12.0 Å². The van der Waals surface area contributed by atoms with Crippen LogP contribution in [0, 0.1) is 0 Å². The van der Waals surface area contributed by atoms with Gasteiger partial charge in [-0.2, -0.15) is 0 Å². The molecule has 0 saturated carbocycles. The summed E-state index contributed by atoms with van der Waals surface area (Å²) in [7, 11) is 1.61. The van der Waals surface area contributed by atoms with Gasteiger partial charge in [0.15, 0.2) is 0 Å². The number of nitrogens with zero attached hydrogens (tertiary/aromatic N) is 3. The summed E-state index contributed by atoms with van der Waals surface area (Å²) in [6.45, 7) is 3.81. The molecule has 0 amide bonds. The number of aliphatic carboxylic acids is 1. The van der Waals surface area contributed by atoms with E-state index in [9.17, 15) is 9.90 Å². The second-order valence-electron chi connectivity index (χ2n) is 6.13. The maximum Gasteiger partial charge on any atom is 0.325 e. The van der Waals surface area contributed by atoms with Crippen molar-refractivity contribution in [3.8, 4) is 5.88 Å². The lowest BCUT2D eigenvalue weighted by atomic mass is 10.0. The van der Waals surface area contributed by atoms with Crippen molar-refractivity contribution < 1.29 is 14.6 Å². The number of hydrogen-bond donors (Lipinski definition) is 1. The minimum Gasteiger partial charge on any atom is -0.481 e. The van der Waals surface area contributed by atoms with Gasteiger partial charge < -0.3 is 9.84 Å². The average molecular weight is 341 g/mol.